The summed E-state index contributed by atoms with van der Waals surface area (Å²) in [6, 6.07) is 7.05. The van der Waals surface area contributed by atoms with Crippen LogP contribution in [0.25, 0.3) is 0 Å². The first kappa shape index (κ1) is 16.7. The van der Waals surface area contributed by atoms with Crippen LogP contribution in [0.5, 0.6) is 0 Å². The highest BCUT2D eigenvalue weighted by molar-refractivity contribution is 6.11. The first-order valence-corrected chi connectivity index (χ1v) is 8.82. The number of hydrogen-bond donors (Lipinski definition) is 1. The molecular weight excluding hydrogens is 304 g/mol. The Morgan fingerprint density at radius 1 is 1.17 bits per heavy atom. The lowest BCUT2D eigenvalue weighted by atomic mass is 9.98. The van der Waals surface area contributed by atoms with Gasteiger partial charge >= 0.3 is 6.03 Å². The summed E-state index contributed by atoms with van der Waals surface area (Å²) in [6.07, 6.45) is 6.48. The summed E-state index contributed by atoms with van der Waals surface area (Å²) in [4.78, 5) is 38.2. The highest BCUT2D eigenvalue weighted by Crippen LogP contribution is 2.35. The molecule has 1 heterocycles. The molecule has 5 heteroatoms. The molecule has 0 aromatic heterocycles. The minimum Gasteiger partial charge on any atom is -0.323 e. The Bertz CT molecular complexity index is 645. The Balaban J connectivity index is 1.66. The topological polar surface area (TPSA) is 66.5 Å². The molecule has 1 aromatic carbocycles. The molecule has 2 aliphatic rings. The predicted octanol–water partition coefficient (Wildman–Crippen LogP) is 3.08. The smallest absolute Gasteiger partial charge is 0.323 e. The third kappa shape index (κ3) is 3.07. The van der Waals surface area contributed by atoms with E-state index in [1.54, 1.807) is 12.1 Å². The molecule has 1 aromatic rings. The summed E-state index contributed by atoms with van der Waals surface area (Å²) < 4.78 is 0. The summed E-state index contributed by atoms with van der Waals surface area (Å²) in [7, 11) is 0. The molecule has 5 nitrogen and oxygen atoms in total. The van der Waals surface area contributed by atoms with Crippen molar-refractivity contribution >= 4 is 17.7 Å². The van der Waals surface area contributed by atoms with Gasteiger partial charge in [0.1, 0.15) is 5.54 Å². The zero-order chi connectivity index (χ0) is 17.2. The summed E-state index contributed by atoms with van der Waals surface area (Å²) in [6.45, 7) is 1.97. The molecule has 0 radical (unpaired) electrons. The number of urea groups is 1. The molecule has 1 N–H and O–H groups in total. The number of amides is 3. The minimum absolute atomic E-state index is 0.180. The van der Waals surface area contributed by atoms with Gasteiger partial charge in [-0.05, 0) is 31.2 Å². The standard InChI is InChI=1S/C19H24N2O3/c1-2-3-6-14-7-9-15(10-8-14)16(22)13-21-17(23)19(20-18(21)24)11-4-5-12-19/h7-10H,2-6,11-13H2,1H3,(H,20,24). The van der Waals surface area contributed by atoms with Crippen LogP contribution in [0.3, 0.4) is 0 Å². The van der Waals surface area contributed by atoms with Crippen LogP contribution < -0.4 is 5.32 Å². The van der Waals surface area contributed by atoms with Crippen LogP contribution in [0.2, 0.25) is 0 Å². The van der Waals surface area contributed by atoms with E-state index in [0.29, 0.717) is 18.4 Å². The number of unbranched alkanes of at least 4 members (excludes halogenated alkanes) is 1. The number of benzene rings is 1. The fourth-order valence-electron chi connectivity index (χ4n) is 3.61. The molecule has 0 unspecified atom stereocenters. The summed E-state index contributed by atoms with van der Waals surface area (Å²) in [5.74, 6) is -0.437. The first-order valence-electron chi connectivity index (χ1n) is 8.82. The van der Waals surface area contributed by atoms with Crippen LogP contribution in [0.1, 0.15) is 61.4 Å². The Morgan fingerprint density at radius 3 is 2.46 bits per heavy atom. The van der Waals surface area contributed by atoms with Crippen LogP contribution in [-0.4, -0.2) is 34.7 Å². The van der Waals surface area contributed by atoms with Crippen molar-refractivity contribution in [3.63, 3.8) is 0 Å². The number of aryl methyl sites for hydroxylation is 1. The molecule has 0 bridgehead atoms. The largest absolute Gasteiger partial charge is 0.325 e. The highest BCUT2D eigenvalue weighted by atomic mass is 16.2. The van der Waals surface area contributed by atoms with E-state index in [9.17, 15) is 14.4 Å². The van der Waals surface area contributed by atoms with Crippen LogP contribution in [0, 0.1) is 0 Å². The van der Waals surface area contributed by atoms with Gasteiger partial charge in [0.25, 0.3) is 5.91 Å². The fraction of sp³-hybridized carbons (Fsp3) is 0.526. The summed E-state index contributed by atoms with van der Waals surface area (Å²) in [5.41, 5.74) is 0.998. The third-order valence-corrected chi connectivity index (χ3v) is 5.10. The highest BCUT2D eigenvalue weighted by Gasteiger charge is 2.52. The fourth-order valence-corrected chi connectivity index (χ4v) is 3.61. The van der Waals surface area contributed by atoms with E-state index < -0.39 is 11.6 Å². The number of carbonyl (C=O) groups is 3. The summed E-state index contributed by atoms with van der Waals surface area (Å²) >= 11 is 0. The lowest BCUT2D eigenvalue weighted by Gasteiger charge is -2.19. The van der Waals surface area contributed by atoms with Crippen molar-refractivity contribution in [1.29, 1.82) is 0 Å². The van der Waals surface area contributed by atoms with E-state index in [1.165, 1.54) is 5.56 Å². The van der Waals surface area contributed by atoms with E-state index in [0.717, 1.165) is 37.0 Å². The van der Waals surface area contributed by atoms with Gasteiger partial charge in [0, 0.05) is 5.56 Å². The van der Waals surface area contributed by atoms with Crippen molar-refractivity contribution < 1.29 is 14.4 Å². The Hall–Kier alpha value is -2.17. The molecule has 1 saturated carbocycles. The molecule has 128 valence electrons. The van der Waals surface area contributed by atoms with Crippen molar-refractivity contribution in [2.75, 3.05) is 6.54 Å². The summed E-state index contributed by atoms with van der Waals surface area (Å²) in [5, 5.41) is 2.80. The third-order valence-electron chi connectivity index (χ3n) is 5.10. The molecule has 1 saturated heterocycles. The molecule has 2 fully saturated rings. The molecule has 1 aliphatic heterocycles. The van der Waals surface area contributed by atoms with Crippen LogP contribution >= 0.6 is 0 Å². The number of nitrogens with zero attached hydrogens (tertiary/aromatic N) is 1. The maximum Gasteiger partial charge on any atom is 0.325 e. The average Bonchev–Trinajstić information content (AvgIpc) is 3.14. The van der Waals surface area contributed by atoms with E-state index >= 15 is 0 Å². The monoisotopic (exact) mass is 328 g/mol. The van der Waals surface area contributed by atoms with Gasteiger partial charge in [-0.1, -0.05) is 50.5 Å². The molecule has 3 rings (SSSR count). The number of carbonyl (C=O) groups excluding carboxylic acids is 3. The van der Waals surface area contributed by atoms with Crippen molar-refractivity contribution in [3.05, 3.63) is 35.4 Å². The lowest BCUT2D eigenvalue weighted by Crippen LogP contribution is -2.44. The van der Waals surface area contributed by atoms with Crippen molar-refractivity contribution in [1.82, 2.24) is 10.2 Å². The number of rotatable bonds is 6. The van der Waals surface area contributed by atoms with Gasteiger partial charge in [-0.25, -0.2) is 4.79 Å². The van der Waals surface area contributed by atoms with Crippen molar-refractivity contribution in [3.8, 4) is 0 Å². The number of hydrogen-bond acceptors (Lipinski definition) is 3. The predicted molar refractivity (Wildman–Crippen MR) is 90.8 cm³/mol. The average molecular weight is 328 g/mol. The second-order valence-electron chi connectivity index (χ2n) is 6.83. The molecule has 1 aliphatic carbocycles. The van der Waals surface area contributed by atoms with Gasteiger partial charge in [0.15, 0.2) is 5.78 Å². The number of ketones is 1. The maximum absolute atomic E-state index is 12.6. The Morgan fingerprint density at radius 2 is 1.83 bits per heavy atom. The van der Waals surface area contributed by atoms with Gasteiger partial charge in [-0.2, -0.15) is 0 Å². The molecule has 3 amide bonds. The van der Waals surface area contributed by atoms with Crippen LogP contribution in [0.15, 0.2) is 24.3 Å². The first-order chi connectivity index (χ1) is 11.6. The molecule has 0 atom stereocenters. The van der Waals surface area contributed by atoms with E-state index in [2.05, 4.69) is 12.2 Å². The second kappa shape index (κ2) is 6.75. The van der Waals surface area contributed by atoms with Gasteiger partial charge in [-0.15, -0.1) is 0 Å². The van der Waals surface area contributed by atoms with Gasteiger partial charge in [-0.3, -0.25) is 14.5 Å². The number of imide groups is 1. The zero-order valence-electron chi connectivity index (χ0n) is 14.1. The SMILES string of the molecule is CCCCc1ccc(C(=O)CN2C(=O)NC3(CCCC3)C2=O)cc1. The van der Waals surface area contributed by atoms with Gasteiger partial charge < -0.3 is 5.32 Å². The Kier molecular flexibility index (Phi) is 4.69. The van der Waals surface area contributed by atoms with E-state index in [4.69, 9.17) is 0 Å². The molecular formula is C19H24N2O3. The number of Topliss-reactive ketones (excluding diaryl/α,β-unsaturated/α-hetero) is 1. The minimum atomic E-state index is -0.749. The van der Waals surface area contributed by atoms with E-state index in [-0.39, 0.29) is 18.2 Å². The maximum atomic E-state index is 12.6. The van der Waals surface area contributed by atoms with Gasteiger partial charge in [0.05, 0.1) is 6.54 Å². The van der Waals surface area contributed by atoms with Crippen LogP contribution in [0.4, 0.5) is 4.79 Å². The molecule has 1 spiro atoms. The van der Waals surface area contributed by atoms with Crippen LogP contribution in [-0.2, 0) is 11.2 Å². The van der Waals surface area contributed by atoms with Crippen molar-refractivity contribution in [2.45, 2.75) is 57.4 Å². The molecule has 24 heavy (non-hydrogen) atoms. The van der Waals surface area contributed by atoms with E-state index in [1.807, 2.05) is 12.1 Å². The van der Waals surface area contributed by atoms with Crippen molar-refractivity contribution in [2.24, 2.45) is 0 Å². The zero-order valence-corrected chi connectivity index (χ0v) is 14.1. The van der Waals surface area contributed by atoms with Gasteiger partial charge in [0.2, 0.25) is 0 Å². The lowest BCUT2D eigenvalue weighted by molar-refractivity contribution is -0.130. The Labute approximate surface area is 142 Å². The number of nitrogens with one attached hydrogen (secondary N) is 1. The quantitative estimate of drug-likeness (QED) is 0.644. The normalized spacial score (nSPS) is 19.1. The second-order valence-corrected chi connectivity index (χ2v) is 6.83.